The van der Waals surface area contributed by atoms with Crippen molar-refractivity contribution in [2.24, 2.45) is 5.92 Å². The normalized spacial score (nSPS) is 27.9. The molecular formula is C16H15ClO3. The lowest BCUT2D eigenvalue weighted by molar-refractivity contribution is -0.117. The second-order valence-electron chi connectivity index (χ2n) is 5.66. The molecule has 0 radical (unpaired) electrons. The Balaban J connectivity index is 2.21. The molecule has 0 unspecified atom stereocenters. The quantitative estimate of drug-likeness (QED) is 0.735. The molecule has 0 saturated carbocycles. The van der Waals surface area contributed by atoms with Gasteiger partial charge in [0.15, 0.2) is 17.1 Å². The van der Waals surface area contributed by atoms with Crippen molar-refractivity contribution < 1.29 is 14.3 Å². The summed E-state index contributed by atoms with van der Waals surface area (Å²) in [5.41, 5.74) is 1.22. The van der Waals surface area contributed by atoms with Crippen LogP contribution in [0.5, 0.6) is 5.75 Å². The predicted molar refractivity (Wildman–Crippen MR) is 76.5 cm³/mol. The summed E-state index contributed by atoms with van der Waals surface area (Å²) in [5, 5.41) is 0.480. The Kier molecular flexibility index (Phi) is 2.80. The van der Waals surface area contributed by atoms with Crippen molar-refractivity contribution >= 4 is 23.2 Å². The molecule has 1 aliphatic heterocycles. The van der Waals surface area contributed by atoms with Crippen LogP contribution < -0.4 is 4.74 Å². The summed E-state index contributed by atoms with van der Waals surface area (Å²) in [4.78, 5) is 24.3. The van der Waals surface area contributed by atoms with Gasteiger partial charge >= 0.3 is 0 Å². The van der Waals surface area contributed by atoms with E-state index in [1.54, 1.807) is 6.08 Å². The Morgan fingerprint density at radius 2 is 2.00 bits per heavy atom. The number of fused-ring (bicyclic) bond motifs is 1. The van der Waals surface area contributed by atoms with Crippen molar-refractivity contribution in [3.8, 4) is 5.75 Å². The topological polar surface area (TPSA) is 43.4 Å². The monoisotopic (exact) mass is 290 g/mol. The first-order valence-corrected chi connectivity index (χ1v) is 7.00. The lowest BCUT2D eigenvalue weighted by atomic mass is 9.77. The van der Waals surface area contributed by atoms with E-state index in [1.165, 1.54) is 6.08 Å². The van der Waals surface area contributed by atoms with Gasteiger partial charge in [0.2, 0.25) is 5.78 Å². The lowest BCUT2D eigenvalue weighted by Gasteiger charge is -2.32. The number of aryl methyl sites for hydroxylation is 2. The molecule has 2 atom stereocenters. The van der Waals surface area contributed by atoms with Gasteiger partial charge in [-0.05, 0) is 37.1 Å². The van der Waals surface area contributed by atoms with Crippen LogP contribution in [0.3, 0.4) is 0 Å². The summed E-state index contributed by atoms with van der Waals surface area (Å²) in [6.45, 7) is 5.63. The number of Topliss-reactive ketones (excluding diaryl/α,β-unsaturated/α-hetero) is 1. The van der Waals surface area contributed by atoms with Gasteiger partial charge in [0, 0.05) is 12.3 Å². The zero-order valence-corrected chi connectivity index (χ0v) is 12.4. The summed E-state index contributed by atoms with van der Waals surface area (Å²) in [6.07, 6.45) is 3.35. The maximum absolute atomic E-state index is 12.8. The van der Waals surface area contributed by atoms with E-state index in [4.69, 9.17) is 16.3 Å². The van der Waals surface area contributed by atoms with E-state index >= 15 is 0 Å². The number of carbonyl (C=O) groups excluding carboxylic acids is 2. The third-order valence-corrected chi connectivity index (χ3v) is 4.68. The van der Waals surface area contributed by atoms with Gasteiger partial charge in [-0.1, -0.05) is 24.6 Å². The fraction of sp³-hybridized carbons (Fsp3) is 0.375. The van der Waals surface area contributed by atoms with E-state index in [-0.39, 0.29) is 17.5 Å². The highest BCUT2D eigenvalue weighted by Crippen LogP contribution is 2.48. The number of ether oxygens (including phenoxy) is 1. The summed E-state index contributed by atoms with van der Waals surface area (Å²) < 4.78 is 5.98. The average Bonchev–Trinajstić information content (AvgIpc) is 2.67. The molecule has 0 amide bonds. The molecule has 1 spiro atoms. The highest BCUT2D eigenvalue weighted by molar-refractivity contribution is 6.34. The summed E-state index contributed by atoms with van der Waals surface area (Å²) in [5.74, 6) is 0.188. The summed E-state index contributed by atoms with van der Waals surface area (Å²) in [6, 6.07) is 1.89. The maximum Gasteiger partial charge on any atom is 0.214 e. The standard InChI is InChI=1S/C16H15ClO3/c1-8-6-9(2)13(17)14-12(8)15(19)16(20-14)5-4-11(18)7-10(16)3/h4-6,10H,7H2,1-3H3/t10-,16-/m1/s1. The minimum Gasteiger partial charge on any atom is -0.472 e. The smallest absolute Gasteiger partial charge is 0.214 e. The van der Waals surface area contributed by atoms with Crippen LogP contribution in [-0.2, 0) is 4.79 Å². The van der Waals surface area contributed by atoms with E-state index in [0.29, 0.717) is 22.8 Å². The maximum atomic E-state index is 12.8. The third kappa shape index (κ3) is 1.59. The van der Waals surface area contributed by atoms with Crippen LogP contribution in [0.15, 0.2) is 18.2 Å². The molecule has 4 heteroatoms. The molecule has 0 bridgehead atoms. The van der Waals surface area contributed by atoms with E-state index in [9.17, 15) is 9.59 Å². The number of ketones is 2. The Bertz CT molecular complexity index is 675. The van der Waals surface area contributed by atoms with Gasteiger partial charge in [-0.25, -0.2) is 0 Å². The molecule has 1 aromatic rings. The molecule has 0 N–H and O–H groups in total. The molecule has 3 nitrogen and oxygen atoms in total. The number of rotatable bonds is 0. The molecule has 0 saturated heterocycles. The van der Waals surface area contributed by atoms with Crippen molar-refractivity contribution in [1.82, 2.24) is 0 Å². The fourth-order valence-corrected chi connectivity index (χ4v) is 3.24. The van der Waals surface area contributed by atoms with Gasteiger partial charge in [-0.3, -0.25) is 9.59 Å². The molecule has 1 aromatic carbocycles. The van der Waals surface area contributed by atoms with E-state index in [0.717, 1.165) is 11.1 Å². The van der Waals surface area contributed by atoms with Crippen LogP contribution in [0.25, 0.3) is 0 Å². The molecule has 1 heterocycles. The zero-order chi connectivity index (χ0) is 14.7. The van der Waals surface area contributed by atoms with Crippen molar-refractivity contribution in [3.63, 3.8) is 0 Å². The molecule has 2 aliphatic rings. The molecule has 0 fully saturated rings. The second-order valence-corrected chi connectivity index (χ2v) is 6.04. The molecular weight excluding hydrogens is 276 g/mol. The number of hydrogen-bond donors (Lipinski definition) is 0. The van der Waals surface area contributed by atoms with E-state index in [1.807, 2.05) is 26.8 Å². The van der Waals surface area contributed by atoms with E-state index < -0.39 is 5.60 Å². The van der Waals surface area contributed by atoms with Gasteiger partial charge in [0.1, 0.15) is 0 Å². The largest absolute Gasteiger partial charge is 0.472 e. The van der Waals surface area contributed by atoms with Crippen LogP contribution in [0, 0.1) is 19.8 Å². The first-order chi connectivity index (χ1) is 9.36. The van der Waals surface area contributed by atoms with Crippen LogP contribution >= 0.6 is 11.6 Å². The molecule has 3 rings (SSSR count). The van der Waals surface area contributed by atoms with Gasteiger partial charge in [0.05, 0.1) is 10.6 Å². The number of hydrogen-bond acceptors (Lipinski definition) is 3. The minimum absolute atomic E-state index is 0.0227. The van der Waals surface area contributed by atoms with Gasteiger partial charge in [-0.2, -0.15) is 0 Å². The first-order valence-electron chi connectivity index (χ1n) is 6.62. The molecule has 20 heavy (non-hydrogen) atoms. The lowest BCUT2D eigenvalue weighted by Crippen LogP contribution is -2.47. The second kappa shape index (κ2) is 4.19. The van der Waals surface area contributed by atoms with Gasteiger partial charge in [-0.15, -0.1) is 0 Å². The van der Waals surface area contributed by atoms with Crippen molar-refractivity contribution in [1.29, 1.82) is 0 Å². The Labute approximate surface area is 122 Å². The Morgan fingerprint density at radius 1 is 1.30 bits per heavy atom. The summed E-state index contributed by atoms with van der Waals surface area (Å²) in [7, 11) is 0. The van der Waals surface area contributed by atoms with Crippen LogP contribution in [-0.4, -0.2) is 17.2 Å². The average molecular weight is 291 g/mol. The molecule has 0 aromatic heterocycles. The highest BCUT2D eigenvalue weighted by Gasteiger charge is 2.53. The van der Waals surface area contributed by atoms with Crippen molar-refractivity contribution in [2.75, 3.05) is 0 Å². The number of carbonyl (C=O) groups is 2. The SMILES string of the molecule is Cc1cc(C)c2c(c1Cl)O[C@@]1(C=CC(=O)C[C@H]1C)C2=O. The minimum atomic E-state index is -1.07. The van der Waals surface area contributed by atoms with Gasteiger partial charge < -0.3 is 4.74 Å². The van der Waals surface area contributed by atoms with Crippen LogP contribution in [0.1, 0.15) is 34.8 Å². The predicted octanol–water partition coefficient (Wildman–Crippen LogP) is 3.44. The number of halogens is 1. The third-order valence-electron chi connectivity index (χ3n) is 4.21. The first kappa shape index (κ1) is 13.4. The zero-order valence-electron chi connectivity index (χ0n) is 11.6. The summed E-state index contributed by atoms with van der Waals surface area (Å²) >= 11 is 6.29. The molecule has 1 aliphatic carbocycles. The van der Waals surface area contributed by atoms with Gasteiger partial charge in [0.25, 0.3) is 0 Å². The number of allylic oxidation sites excluding steroid dienone is 1. The Morgan fingerprint density at radius 3 is 2.65 bits per heavy atom. The molecule has 104 valence electrons. The highest BCUT2D eigenvalue weighted by atomic mass is 35.5. The van der Waals surface area contributed by atoms with Crippen LogP contribution in [0.2, 0.25) is 5.02 Å². The fourth-order valence-electron chi connectivity index (χ4n) is 3.05. The number of benzene rings is 1. The Hall–Kier alpha value is -1.61. The van der Waals surface area contributed by atoms with Crippen LogP contribution in [0.4, 0.5) is 0 Å². The van der Waals surface area contributed by atoms with E-state index in [2.05, 4.69) is 0 Å². The van der Waals surface area contributed by atoms with Crippen molar-refractivity contribution in [3.05, 3.63) is 39.9 Å². The van der Waals surface area contributed by atoms with Crippen molar-refractivity contribution in [2.45, 2.75) is 32.8 Å².